The molecule has 0 amide bonds. The molecule has 23 heavy (non-hydrogen) atoms. The molecule has 0 radical (unpaired) electrons. The van der Waals surface area contributed by atoms with Crippen molar-refractivity contribution in [2.45, 2.75) is 43.9 Å². The number of alkyl halides is 6. The first kappa shape index (κ1) is 22.6. The minimum Gasteiger partial charge on any atom is -0.402 e. The molecule has 6 nitrogen and oxygen atoms in total. The second kappa shape index (κ2) is 6.85. The number of nitrogens with zero attached hydrogens (tertiary/aromatic N) is 1. The van der Waals surface area contributed by atoms with Gasteiger partial charge in [0.15, 0.2) is 0 Å². The fourth-order valence-electron chi connectivity index (χ4n) is 1.79. The van der Waals surface area contributed by atoms with Gasteiger partial charge in [0.1, 0.15) is 0 Å². The Morgan fingerprint density at radius 2 is 1.13 bits per heavy atom. The maximum absolute atomic E-state index is 12.8. The Balaban J connectivity index is 6.84. The highest BCUT2D eigenvalue weighted by Gasteiger charge is 2.68. The molecule has 0 aliphatic carbocycles. The van der Waals surface area contributed by atoms with Gasteiger partial charge in [0.25, 0.3) is 0 Å². The molecule has 0 N–H and O–H groups in total. The second-order valence-electron chi connectivity index (χ2n) is 4.19. The molecular weight excluding hydrogens is 396 g/mol. The van der Waals surface area contributed by atoms with Crippen molar-refractivity contribution < 1.29 is 47.6 Å². The van der Waals surface area contributed by atoms with Gasteiger partial charge in [-0.1, -0.05) is 17.2 Å². The zero-order chi connectivity index (χ0) is 18.9. The molecule has 0 heterocycles. The van der Waals surface area contributed by atoms with Crippen molar-refractivity contribution in [2.24, 2.45) is 0 Å². The SMILES string of the molecule is CCO[Si](CC)(CC)N(S(=O)(=O)C(F)(F)F)S(=O)(=O)C(F)(F)F. The molecule has 0 aliphatic rings. The molecule has 0 saturated carbocycles. The Labute approximate surface area is 130 Å². The quantitative estimate of drug-likeness (QED) is 0.475. The van der Waals surface area contributed by atoms with E-state index < -0.39 is 61.6 Å². The van der Waals surface area contributed by atoms with Crippen molar-refractivity contribution in [3.8, 4) is 0 Å². The molecular formula is C8H15F6NO5S2Si. The molecule has 0 aromatic rings. The number of rotatable bonds is 7. The van der Waals surface area contributed by atoms with Crippen LogP contribution < -0.4 is 0 Å². The second-order valence-corrected chi connectivity index (χ2v) is 12.7. The van der Waals surface area contributed by atoms with E-state index in [0.29, 0.717) is 0 Å². The van der Waals surface area contributed by atoms with Crippen molar-refractivity contribution in [3.63, 3.8) is 0 Å². The average molecular weight is 411 g/mol. The highest BCUT2D eigenvalue weighted by molar-refractivity contribution is 8.06. The van der Waals surface area contributed by atoms with Crippen molar-refractivity contribution in [1.29, 1.82) is 0 Å². The summed E-state index contributed by atoms with van der Waals surface area (Å²) in [6, 6.07) is -1.25. The Hall–Kier alpha value is -0.383. The van der Waals surface area contributed by atoms with Gasteiger partial charge in [-0.2, -0.15) is 26.3 Å². The topological polar surface area (TPSA) is 80.8 Å². The van der Waals surface area contributed by atoms with Gasteiger partial charge in [0, 0.05) is 6.61 Å². The molecule has 0 unspecified atom stereocenters. The van der Waals surface area contributed by atoms with Crippen LogP contribution in [0.25, 0.3) is 0 Å². The minimum atomic E-state index is -6.82. The van der Waals surface area contributed by atoms with Crippen molar-refractivity contribution in [1.82, 2.24) is 3.38 Å². The van der Waals surface area contributed by atoms with E-state index in [2.05, 4.69) is 0 Å². The Morgan fingerprint density at radius 1 is 0.826 bits per heavy atom. The summed E-state index contributed by atoms with van der Waals surface area (Å²) in [4.78, 5) is 0. The molecule has 0 bridgehead atoms. The number of sulfonamides is 2. The summed E-state index contributed by atoms with van der Waals surface area (Å²) in [5, 5.41) is 0. The van der Waals surface area contributed by atoms with Gasteiger partial charge in [-0.3, -0.25) is 0 Å². The van der Waals surface area contributed by atoms with E-state index in [0.717, 1.165) is 13.8 Å². The van der Waals surface area contributed by atoms with Crippen LogP contribution in [0.5, 0.6) is 0 Å². The van der Waals surface area contributed by atoms with Crippen LogP contribution in [0.2, 0.25) is 12.1 Å². The van der Waals surface area contributed by atoms with Gasteiger partial charge in [-0.05, 0) is 19.0 Å². The molecule has 0 aromatic carbocycles. The summed E-state index contributed by atoms with van der Waals surface area (Å²) >= 11 is 0. The lowest BCUT2D eigenvalue weighted by molar-refractivity contribution is -0.0516. The predicted molar refractivity (Wildman–Crippen MR) is 70.1 cm³/mol. The van der Waals surface area contributed by atoms with Crippen LogP contribution in [0.3, 0.4) is 0 Å². The van der Waals surface area contributed by atoms with Crippen LogP contribution in [0.4, 0.5) is 26.3 Å². The van der Waals surface area contributed by atoms with Crippen LogP contribution >= 0.6 is 0 Å². The first-order valence-electron chi connectivity index (χ1n) is 6.12. The fraction of sp³-hybridized carbons (Fsp3) is 1.00. The molecule has 0 aliphatic heterocycles. The molecule has 0 spiro atoms. The van der Waals surface area contributed by atoms with E-state index in [4.69, 9.17) is 4.43 Å². The van der Waals surface area contributed by atoms with E-state index in [-0.39, 0.29) is 0 Å². The first-order chi connectivity index (χ1) is 10.0. The Kier molecular flexibility index (Phi) is 6.74. The van der Waals surface area contributed by atoms with Crippen LogP contribution in [0.1, 0.15) is 20.8 Å². The smallest absolute Gasteiger partial charge is 0.402 e. The molecule has 0 saturated heterocycles. The van der Waals surface area contributed by atoms with Crippen LogP contribution in [-0.2, 0) is 24.5 Å². The van der Waals surface area contributed by atoms with Crippen LogP contribution in [-0.4, -0.2) is 46.3 Å². The van der Waals surface area contributed by atoms with Gasteiger partial charge in [-0.15, -0.1) is 0 Å². The number of hydrogen-bond acceptors (Lipinski definition) is 5. The summed E-state index contributed by atoms with van der Waals surface area (Å²) in [6.07, 6.45) is 0. The number of halogens is 6. The number of hydrogen-bond donors (Lipinski definition) is 0. The van der Waals surface area contributed by atoms with Crippen molar-refractivity contribution >= 4 is 28.5 Å². The summed E-state index contributed by atoms with van der Waals surface area (Å²) < 4.78 is 126. The third-order valence-corrected chi connectivity index (χ3v) is 13.2. The van der Waals surface area contributed by atoms with Gasteiger partial charge in [0.05, 0.1) is 0 Å². The molecule has 0 atom stereocenters. The van der Waals surface area contributed by atoms with Crippen molar-refractivity contribution in [3.05, 3.63) is 0 Å². The lowest BCUT2D eigenvalue weighted by Gasteiger charge is -2.38. The van der Waals surface area contributed by atoms with E-state index in [9.17, 15) is 43.2 Å². The van der Waals surface area contributed by atoms with Crippen LogP contribution in [0.15, 0.2) is 0 Å². The summed E-state index contributed by atoms with van der Waals surface area (Å²) in [5.74, 6) is 0. The van der Waals surface area contributed by atoms with Gasteiger partial charge in [0.2, 0.25) is 0 Å². The monoisotopic (exact) mass is 411 g/mol. The highest BCUT2D eigenvalue weighted by atomic mass is 32.3. The molecule has 140 valence electrons. The zero-order valence-electron chi connectivity index (χ0n) is 12.2. The minimum absolute atomic E-state index is 0.453. The standard InChI is InChI=1S/C8H15F6NO5S2Si/c1-4-20-23(5-2,6-3)15(21(16,17)7(9,10)11)22(18,19)8(12,13)14/h4-6H2,1-3H3. The van der Waals surface area contributed by atoms with Crippen LogP contribution in [0, 0.1) is 0 Å². The highest BCUT2D eigenvalue weighted by Crippen LogP contribution is 2.41. The van der Waals surface area contributed by atoms with E-state index in [1.165, 1.54) is 6.92 Å². The molecule has 0 fully saturated rings. The Bertz CT molecular complexity index is 566. The zero-order valence-corrected chi connectivity index (χ0v) is 14.8. The lowest BCUT2D eigenvalue weighted by Crippen LogP contribution is -2.64. The Morgan fingerprint density at radius 3 is 1.30 bits per heavy atom. The normalized spacial score (nSPS) is 15.2. The maximum atomic E-state index is 12.8. The largest absolute Gasteiger partial charge is 0.512 e. The van der Waals surface area contributed by atoms with Gasteiger partial charge >= 0.3 is 39.5 Å². The average Bonchev–Trinajstić information content (AvgIpc) is 2.34. The summed E-state index contributed by atoms with van der Waals surface area (Å²) in [6.45, 7) is 2.88. The summed E-state index contributed by atoms with van der Waals surface area (Å²) in [7, 11) is -18.3. The van der Waals surface area contributed by atoms with Gasteiger partial charge < -0.3 is 4.43 Å². The summed E-state index contributed by atoms with van der Waals surface area (Å²) in [5.41, 5.74) is -12.5. The molecule has 15 heteroatoms. The van der Waals surface area contributed by atoms with Crippen molar-refractivity contribution in [2.75, 3.05) is 6.61 Å². The van der Waals surface area contributed by atoms with E-state index in [1.807, 2.05) is 0 Å². The van der Waals surface area contributed by atoms with E-state index in [1.54, 1.807) is 0 Å². The van der Waals surface area contributed by atoms with Gasteiger partial charge in [-0.25, -0.2) is 16.8 Å². The third-order valence-electron chi connectivity index (χ3n) is 2.87. The first-order valence-corrected chi connectivity index (χ1v) is 11.3. The predicted octanol–water partition coefficient (Wildman–Crippen LogP) is 2.51. The molecule has 0 aromatic heterocycles. The lowest BCUT2D eigenvalue weighted by atomic mass is 10.9. The maximum Gasteiger partial charge on any atom is 0.512 e. The fourth-order valence-corrected chi connectivity index (χ4v) is 11.8. The third kappa shape index (κ3) is 4.00. The molecule has 0 rings (SSSR count). The van der Waals surface area contributed by atoms with E-state index >= 15 is 0 Å².